The second-order valence-corrected chi connectivity index (χ2v) is 6.79. The number of fused-ring (bicyclic) bond motifs is 1. The fraction of sp³-hybridized carbons (Fsp3) is 0.412. The fourth-order valence-corrected chi connectivity index (χ4v) is 3.44. The van der Waals surface area contributed by atoms with Gasteiger partial charge in [0.15, 0.2) is 0 Å². The van der Waals surface area contributed by atoms with E-state index >= 15 is 0 Å². The van der Waals surface area contributed by atoms with Crippen LogP contribution in [0.25, 0.3) is 16.1 Å². The van der Waals surface area contributed by atoms with Crippen molar-refractivity contribution in [1.82, 2.24) is 15.1 Å². The van der Waals surface area contributed by atoms with Crippen LogP contribution in [0.4, 0.5) is 0 Å². The molecule has 7 nitrogen and oxygen atoms in total. The number of rotatable bonds is 3. The number of hydrogen-bond donors (Lipinski definition) is 1. The quantitative estimate of drug-likeness (QED) is 0.527. The van der Waals surface area contributed by atoms with Gasteiger partial charge in [-0.25, -0.2) is 4.68 Å². The Labute approximate surface area is 140 Å². The molecule has 1 aromatic carbocycles. The average molecular weight is 324 g/mol. The van der Waals surface area contributed by atoms with Crippen molar-refractivity contribution in [3.8, 4) is 5.69 Å². The predicted octanol–water partition coefficient (Wildman–Crippen LogP) is 3.83. The van der Waals surface area contributed by atoms with Gasteiger partial charge in [0.05, 0.1) is 29.7 Å². The molecule has 0 saturated carbocycles. The van der Waals surface area contributed by atoms with Crippen molar-refractivity contribution < 1.29 is 4.79 Å². The van der Waals surface area contributed by atoms with Crippen molar-refractivity contribution in [1.29, 1.82) is 0 Å². The normalized spacial score (nSPS) is 21.5. The summed E-state index contributed by atoms with van der Waals surface area (Å²) in [5.41, 5.74) is 11.4. The molecule has 2 aromatic rings. The van der Waals surface area contributed by atoms with E-state index in [9.17, 15) is 4.79 Å². The Bertz CT molecular complexity index is 804. The highest BCUT2D eigenvalue weighted by molar-refractivity contribution is 5.73. The van der Waals surface area contributed by atoms with Gasteiger partial charge < -0.3 is 5.32 Å². The largest absolute Gasteiger partial charge is 0.349 e. The van der Waals surface area contributed by atoms with Crippen LogP contribution in [0.5, 0.6) is 0 Å². The number of benzene rings is 1. The van der Waals surface area contributed by atoms with Crippen LogP contribution < -0.4 is 5.32 Å². The van der Waals surface area contributed by atoms with Crippen LogP contribution in [0.3, 0.4) is 0 Å². The van der Waals surface area contributed by atoms with Gasteiger partial charge in [0.2, 0.25) is 5.91 Å². The molecule has 0 saturated heterocycles. The summed E-state index contributed by atoms with van der Waals surface area (Å²) in [4.78, 5) is 14.6. The number of hydrogen-bond acceptors (Lipinski definition) is 3. The smallest absolute Gasteiger partial charge is 0.217 e. The summed E-state index contributed by atoms with van der Waals surface area (Å²) in [6, 6.07) is 9.22. The minimum absolute atomic E-state index is 0.0866. The van der Waals surface area contributed by atoms with Gasteiger partial charge in [-0.3, -0.25) is 4.79 Å². The highest BCUT2D eigenvalue weighted by atomic mass is 16.1. The van der Waals surface area contributed by atoms with Crippen LogP contribution in [0.15, 0.2) is 41.6 Å². The maximum absolute atomic E-state index is 11.6. The monoisotopic (exact) mass is 324 g/mol. The van der Waals surface area contributed by atoms with Crippen LogP contribution in [-0.4, -0.2) is 15.7 Å². The van der Waals surface area contributed by atoms with E-state index in [0.29, 0.717) is 6.42 Å². The Morgan fingerprint density at radius 3 is 2.75 bits per heavy atom. The standard InChI is InChI=1S/C17H20N6O/c1-11(24)20-14-9-17(2,3)16(21-22-18)15-13(14)10-19-23(15)12-7-5-4-6-8-12/h4-8,10,14,16H,9H2,1-3H3,(H,20,24). The number of nitrogens with one attached hydrogen (secondary N) is 1. The summed E-state index contributed by atoms with van der Waals surface area (Å²) < 4.78 is 1.81. The van der Waals surface area contributed by atoms with Crippen LogP contribution in [0.1, 0.15) is 50.5 Å². The van der Waals surface area contributed by atoms with E-state index in [1.165, 1.54) is 6.92 Å². The molecule has 0 spiro atoms. The Morgan fingerprint density at radius 2 is 2.12 bits per heavy atom. The Kier molecular flexibility index (Phi) is 4.03. The maximum atomic E-state index is 11.6. The second kappa shape index (κ2) is 6.02. The summed E-state index contributed by atoms with van der Waals surface area (Å²) in [5.74, 6) is -0.0866. The van der Waals surface area contributed by atoms with Crippen molar-refractivity contribution in [2.45, 2.75) is 39.3 Å². The third-order valence-electron chi connectivity index (χ3n) is 4.49. The van der Waals surface area contributed by atoms with Crippen molar-refractivity contribution >= 4 is 5.91 Å². The van der Waals surface area contributed by atoms with Gasteiger partial charge in [-0.05, 0) is 29.5 Å². The van der Waals surface area contributed by atoms with Gasteiger partial charge in [0, 0.05) is 17.4 Å². The van der Waals surface area contributed by atoms with Crippen molar-refractivity contribution in [2.24, 2.45) is 10.5 Å². The van der Waals surface area contributed by atoms with Crippen molar-refractivity contribution in [3.05, 3.63) is 58.2 Å². The minimum atomic E-state index is -0.356. The van der Waals surface area contributed by atoms with E-state index in [1.807, 2.05) is 48.9 Å². The SMILES string of the molecule is CC(=O)NC1CC(C)(C)C(N=[N+]=[N-])c2c1cnn2-c1ccccc1. The predicted molar refractivity (Wildman–Crippen MR) is 90.4 cm³/mol. The highest BCUT2D eigenvalue weighted by Gasteiger charge is 2.43. The zero-order chi connectivity index (χ0) is 17.3. The number of amides is 1. The summed E-state index contributed by atoms with van der Waals surface area (Å²) in [5, 5.41) is 11.6. The lowest BCUT2D eigenvalue weighted by atomic mass is 9.71. The molecule has 0 aliphatic heterocycles. The molecule has 1 aliphatic carbocycles. The number of carbonyl (C=O) groups is 1. The molecule has 1 aromatic heterocycles. The molecule has 0 radical (unpaired) electrons. The summed E-state index contributed by atoms with van der Waals surface area (Å²) in [7, 11) is 0. The molecule has 0 fully saturated rings. The number of azide groups is 1. The topological polar surface area (TPSA) is 95.7 Å². The Balaban J connectivity index is 2.20. The first kappa shape index (κ1) is 16.1. The number of para-hydroxylation sites is 1. The van der Waals surface area contributed by atoms with E-state index in [-0.39, 0.29) is 23.4 Å². The number of carbonyl (C=O) groups excluding carboxylic acids is 1. The van der Waals surface area contributed by atoms with Crippen molar-refractivity contribution in [3.63, 3.8) is 0 Å². The van der Waals surface area contributed by atoms with Gasteiger partial charge in [0.1, 0.15) is 0 Å². The van der Waals surface area contributed by atoms with Crippen LogP contribution in [0.2, 0.25) is 0 Å². The average Bonchev–Trinajstić information content (AvgIpc) is 2.96. The van der Waals surface area contributed by atoms with Crippen molar-refractivity contribution in [2.75, 3.05) is 0 Å². The molecule has 1 N–H and O–H groups in total. The molecule has 124 valence electrons. The third kappa shape index (κ3) is 2.74. The first-order valence-electron chi connectivity index (χ1n) is 7.88. The van der Waals surface area contributed by atoms with E-state index in [1.54, 1.807) is 6.20 Å². The second-order valence-electron chi connectivity index (χ2n) is 6.79. The van der Waals surface area contributed by atoms with E-state index in [0.717, 1.165) is 16.9 Å². The van der Waals surface area contributed by atoms with Crippen LogP contribution in [0, 0.1) is 5.41 Å². The molecule has 2 unspecified atom stereocenters. The zero-order valence-corrected chi connectivity index (χ0v) is 14.0. The molecule has 0 bridgehead atoms. The fourth-order valence-electron chi connectivity index (χ4n) is 3.44. The molecular weight excluding hydrogens is 304 g/mol. The summed E-state index contributed by atoms with van der Waals surface area (Å²) >= 11 is 0. The lowest BCUT2D eigenvalue weighted by Crippen LogP contribution is -2.38. The number of nitrogens with zero attached hydrogens (tertiary/aromatic N) is 5. The van der Waals surface area contributed by atoms with Gasteiger partial charge in [-0.1, -0.05) is 37.2 Å². The van der Waals surface area contributed by atoms with Crippen LogP contribution in [-0.2, 0) is 4.79 Å². The lowest BCUT2D eigenvalue weighted by molar-refractivity contribution is -0.120. The molecule has 1 amide bonds. The molecule has 24 heavy (non-hydrogen) atoms. The maximum Gasteiger partial charge on any atom is 0.217 e. The van der Waals surface area contributed by atoms with Gasteiger partial charge in [-0.15, -0.1) is 0 Å². The lowest BCUT2D eigenvalue weighted by Gasteiger charge is -2.40. The molecule has 3 rings (SSSR count). The molecule has 7 heteroatoms. The van der Waals surface area contributed by atoms with Crippen LogP contribution >= 0.6 is 0 Å². The van der Waals surface area contributed by atoms with E-state index in [2.05, 4.69) is 20.4 Å². The van der Waals surface area contributed by atoms with Gasteiger partial charge in [0.25, 0.3) is 0 Å². The van der Waals surface area contributed by atoms with Gasteiger partial charge >= 0.3 is 0 Å². The zero-order valence-electron chi connectivity index (χ0n) is 14.0. The van der Waals surface area contributed by atoms with E-state index < -0.39 is 0 Å². The molecule has 1 aliphatic rings. The Morgan fingerprint density at radius 1 is 1.42 bits per heavy atom. The summed E-state index contributed by atoms with van der Waals surface area (Å²) in [6.07, 6.45) is 2.45. The molecule has 2 atom stereocenters. The van der Waals surface area contributed by atoms with Gasteiger partial charge in [-0.2, -0.15) is 5.10 Å². The molecular formula is C17H20N6O. The number of aromatic nitrogens is 2. The summed E-state index contributed by atoms with van der Waals surface area (Å²) in [6.45, 7) is 5.60. The first-order chi connectivity index (χ1) is 11.4. The Hall–Kier alpha value is -2.79. The third-order valence-corrected chi connectivity index (χ3v) is 4.49. The minimum Gasteiger partial charge on any atom is -0.349 e. The van der Waals surface area contributed by atoms with E-state index in [4.69, 9.17) is 5.53 Å². The first-order valence-corrected chi connectivity index (χ1v) is 7.88. The highest BCUT2D eigenvalue weighted by Crippen LogP contribution is 2.50. The molecule has 1 heterocycles.